The molecule has 1 atom stereocenters. The predicted octanol–water partition coefficient (Wildman–Crippen LogP) is 2.91. The van der Waals surface area contributed by atoms with Crippen molar-refractivity contribution in [2.75, 3.05) is 26.4 Å². The monoisotopic (exact) mass is 377 g/mol. The van der Waals surface area contributed by atoms with Crippen LogP contribution >= 0.6 is 0 Å². The zero-order valence-corrected chi connectivity index (χ0v) is 15.0. The van der Waals surface area contributed by atoms with Crippen LogP contribution in [0.4, 0.5) is 4.39 Å². The zero-order valence-electron chi connectivity index (χ0n) is 14.2. The maximum atomic E-state index is 13.7. The second-order valence-electron chi connectivity index (χ2n) is 6.46. The Balaban J connectivity index is 1.76. The van der Waals surface area contributed by atoms with Crippen LogP contribution in [0.15, 0.2) is 47.4 Å². The summed E-state index contributed by atoms with van der Waals surface area (Å²) < 4.78 is 53.1. The Morgan fingerprint density at radius 1 is 1.12 bits per heavy atom. The first-order valence-electron chi connectivity index (χ1n) is 8.67. The number of ether oxygens (including phenoxy) is 2. The van der Waals surface area contributed by atoms with Gasteiger partial charge in [-0.3, -0.25) is 0 Å². The van der Waals surface area contributed by atoms with Crippen LogP contribution in [0.1, 0.15) is 23.6 Å². The number of hydrogen-bond donors (Lipinski definition) is 0. The van der Waals surface area contributed by atoms with E-state index in [9.17, 15) is 12.8 Å². The van der Waals surface area contributed by atoms with Gasteiger partial charge in [0.1, 0.15) is 16.5 Å². The summed E-state index contributed by atoms with van der Waals surface area (Å²) in [6, 6.07) is 10.7. The summed E-state index contributed by atoms with van der Waals surface area (Å²) in [5.41, 5.74) is 1.49. The third-order valence-corrected chi connectivity index (χ3v) is 6.73. The fraction of sp³-hybridized carbons (Fsp3) is 0.368. The molecule has 1 fully saturated rings. The number of hydrogen-bond acceptors (Lipinski definition) is 4. The van der Waals surface area contributed by atoms with E-state index in [0.29, 0.717) is 24.5 Å². The van der Waals surface area contributed by atoms with Crippen LogP contribution in [0.5, 0.6) is 5.75 Å². The van der Waals surface area contributed by atoms with Gasteiger partial charge < -0.3 is 9.47 Å². The van der Waals surface area contributed by atoms with Crippen molar-refractivity contribution in [1.82, 2.24) is 4.31 Å². The molecule has 0 bridgehead atoms. The number of para-hydroxylation sites is 1. The fourth-order valence-corrected chi connectivity index (χ4v) is 5.30. The number of fused-ring (bicyclic) bond motifs is 1. The molecule has 138 valence electrons. The topological polar surface area (TPSA) is 55.8 Å². The highest BCUT2D eigenvalue weighted by Crippen LogP contribution is 2.37. The van der Waals surface area contributed by atoms with Crippen LogP contribution in [-0.2, 0) is 21.2 Å². The molecule has 0 N–H and O–H groups in total. The molecule has 2 heterocycles. The van der Waals surface area contributed by atoms with Crippen molar-refractivity contribution in [3.63, 3.8) is 0 Å². The summed E-state index contributed by atoms with van der Waals surface area (Å²) in [6.45, 7) is 1.22. The van der Waals surface area contributed by atoms with Crippen LogP contribution in [0.2, 0.25) is 0 Å². The first-order valence-corrected chi connectivity index (χ1v) is 10.1. The molecular weight excluding hydrogens is 357 g/mol. The summed E-state index contributed by atoms with van der Waals surface area (Å²) in [6.07, 6.45) is 1.68. The Morgan fingerprint density at radius 2 is 1.96 bits per heavy atom. The van der Waals surface area contributed by atoms with E-state index in [1.165, 1.54) is 16.4 Å². The Morgan fingerprint density at radius 3 is 2.81 bits per heavy atom. The van der Waals surface area contributed by atoms with E-state index in [0.717, 1.165) is 18.4 Å². The highest BCUT2D eigenvalue weighted by molar-refractivity contribution is 7.89. The van der Waals surface area contributed by atoms with Gasteiger partial charge in [-0.05, 0) is 42.2 Å². The molecule has 0 radical (unpaired) electrons. The molecule has 2 aliphatic heterocycles. The maximum Gasteiger partial charge on any atom is 0.247 e. The number of rotatable bonds is 3. The van der Waals surface area contributed by atoms with E-state index in [4.69, 9.17) is 9.47 Å². The van der Waals surface area contributed by atoms with Crippen molar-refractivity contribution in [1.29, 1.82) is 0 Å². The van der Waals surface area contributed by atoms with Gasteiger partial charge in [0.05, 0.1) is 25.9 Å². The summed E-state index contributed by atoms with van der Waals surface area (Å²) >= 11 is 0. The molecule has 0 amide bonds. The first-order chi connectivity index (χ1) is 12.6. The highest BCUT2D eigenvalue weighted by atomic mass is 32.2. The van der Waals surface area contributed by atoms with Crippen LogP contribution in [0.25, 0.3) is 0 Å². The van der Waals surface area contributed by atoms with Crippen molar-refractivity contribution < 1.29 is 22.3 Å². The van der Waals surface area contributed by atoms with Crippen LogP contribution < -0.4 is 4.74 Å². The Labute approximate surface area is 152 Å². The second-order valence-corrected chi connectivity index (χ2v) is 8.32. The quantitative estimate of drug-likeness (QED) is 0.825. The number of sulfonamides is 1. The molecule has 1 unspecified atom stereocenters. The lowest BCUT2D eigenvalue weighted by molar-refractivity contribution is 0.0319. The van der Waals surface area contributed by atoms with Crippen molar-refractivity contribution in [3.05, 3.63) is 59.4 Å². The van der Waals surface area contributed by atoms with E-state index < -0.39 is 21.9 Å². The SMILES string of the molecule is O=S(=O)(c1cccc2c1OCCC2)N1CCOCC1c1cccc(F)c1. The molecule has 7 heteroatoms. The van der Waals surface area contributed by atoms with Crippen molar-refractivity contribution in [2.24, 2.45) is 0 Å². The molecular formula is C19H20FNO4S. The third kappa shape index (κ3) is 3.11. The van der Waals surface area contributed by atoms with Gasteiger partial charge in [-0.2, -0.15) is 4.31 Å². The van der Waals surface area contributed by atoms with Gasteiger partial charge in [-0.25, -0.2) is 12.8 Å². The largest absolute Gasteiger partial charge is 0.492 e. The minimum Gasteiger partial charge on any atom is -0.492 e. The summed E-state index contributed by atoms with van der Waals surface area (Å²) in [5, 5.41) is 0. The smallest absolute Gasteiger partial charge is 0.247 e. The fourth-order valence-electron chi connectivity index (χ4n) is 3.54. The van der Waals surface area contributed by atoms with E-state index in [1.54, 1.807) is 24.3 Å². The molecule has 0 spiro atoms. The lowest BCUT2D eigenvalue weighted by Gasteiger charge is -2.35. The lowest BCUT2D eigenvalue weighted by atomic mass is 10.1. The van der Waals surface area contributed by atoms with Gasteiger partial charge in [-0.15, -0.1) is 0 Å². The second kappa shape index (κ2) is 6.98. The molecule has 2 aromatic carbocycles. The van der Waals surface area contributed by atoms with Gasteiger partial charge in [0, 0.05) is 6.54 Å². The lowest BCUT2D eigenvalue weighted by Crippen LogP contribution is -2.43. The van der Waals surface area contributed by atoms with Crippen molar-refractivity contribution in [3.8, 4) is 5.75 Å². The summed E-state index contributed by atoms with van der Waals surface area (Å²) in [4.78, 5) is 0.179. The number of nitrogens with zero attached hydrogens (tertiary/aromatic N) is 1. The van der Waals surface area contributed by atoms with E-state index in [2.05, 4.69) is 0 Å². The minimum atomic E-state index is -3.81. The molecule has 26 heavy (non-hydrogen) atoms. The molecule has 1 saturated heterocycles. The Hall–Kier alpha value is -1.96. The standard InChI is InChI=1S/C19H20FNO4S/c20-16-7-1-5-15(12-16)17-13-24-11-9-21(17)26(22,23)18-8-2-4-14-6-3-10-25-19(14)18/h1-2,4-5,7-8,12,17H,3,6,9-11,13H2. The number of aryl methyl sites for hydroxylation is 1. The Bertz CT molecular complexity index is 916. The maximum absolute atomic E-state index is 13.7. The van der Waals surface area contributed by atoms with Gasteiger partial charge in [-0.1, -0.05) is 24.3 Å². The average molecular weight is 377 g/mol. The summed E-state index contributed by atoms with van der Waals surface area (Å²) in [7, 11) is -3.81. The predicted molar refractivity (Wildman–Crippen MR) is 94.1 cm³/mol. The molecule has 2 aromatic rings. The Kier molecular flexibility index (Phi) is 4.69. The van der Waals surface area contributed by atoms with Gasteiger partial charge in [0.2, 0.25) is 10.0 Å². The van der Waals surface area contributed by atoms with Crippen molar-refractivity contribution >= 4 is 10.0 Å². The van der Waals surface area contributed by atoms with E-state index >= 15 is 0 Å². The number of halogens is 1. The van der Waals surface area contributed by atoms with Gasteiger partial charge in [0.25, 0.3) is 0 Å². The third-order valence-electron chi connectivity index (χ3n) is 4.80. The molecule has 0 aromatic heterocycles. The van der Waals surface area contributed by atoms with E-state index in [-0.39, 0.29) is 18.0 Å². The van der Waals surface area contributed by atoms with Gasteiger partial charge in [0.15, 0.2) is 0 Å². The molecule has 4 rings (SSSR count). The van der Waals surface area contributed by atoms with E-state index in [1.807, 2.05) is 6.07 Å². The minimum absolute atomic E-state index is 0.179. The molecule has 0 aliphatic carbocycles. The normalized spacial score (nSPS) is 21.0. The molecule has 2 aliphatic rings. The van der Waals surface area contributed by atoms with Crippen LogP contribution in [0.3, 0.4) is 0 Å². The zero-order chi connectivity index (χ0) is 18.1. The molecule has 0 saturated carbocycles. The average Bonchev–Trinajstić information content (AvgIpc) is 2.67. The first kappa shape index (κ1) is 17.5. The summed E-state index contributed by atoms with van der Waals surface area (Å²) in [5.74, 6) is 0.0501. The molecule has 5 nitrogen and oxygen atoms in total. The van der Waals surface area contributed by atoms with Crippen molar-refractivity contribution in [2.45, 2.75) is 23.8 Å². The highest BCUT2D eigenvalue weighted by Gasteiger charge is 2.37. The number of benzene rings is 2. The van der Waals surface area contributed by atoms with Gasteiger partial charge >= 0.3 is 0 Å². The number of morpholine rings is 1. The van der Waals surface area contributed by atoms with Crippen LogP contribution in [0, 0.1) is 5.82 Å². The van der Waals surface area contributed by atoms with Crippen LogP contribution in [-0.4, -0.2) is 39.1 Å².